The van der Waals surface area contributed by atoms with Gasteiger partial charge < -0.3 is 15.0 Å². The number of thiazole rings is 1. The molecule has 1 aliphatic heterocycles. The fourth-order valence-electron chi connectivity index (χ4n) is 3.47. The molecule has 1 N–H and O–H groups in total. The van der Waals surface area contributed by atoms with Crippen molar-refractivity contribution in [2.45, 2.75) is 6.18 Å². The van der Waals surface area contributed by atoms with Gasteiger partial charge in [-0.1, -0.05) is 17.4 Å². The Kier molecular flexibility index (Phi) is 5.40. The number of ether oxygens (including phenoxy) is 1. The van der Waals surface area contributed by atoms with Crippen LogP contribution in [0.25, 0.3) is 21.3 Å². The largest absolute Gasteiger partial charge is 0.417 e. The smallest absolute Gasteiger partial charge is 0.378 e. The molecule has 164 valence electrons. The highest BCUT2D eigenvalue weighted by Crippen LogP contribution is 2.34. The number of morpholine rings is 1. The molecule has 10 heteroatoms. The molecule has 0 spiro atoms. The zero-order valence-electron chi connectivity index (χ0n) is 16.8. The first-order valence-electron chi connectivity index (χ1n) is 9.95. The van der Waals surface area contributed by atoms with Gasteiger partial charge in [0, 0.05) is 31.0 Å². The van der Waals surface area contributed by atoms with Crippen molar-refractivity contribution in [2.24, 2.45) is 0 Å². The lowest BCUT2D eigenvalue weighted by Crippen LogP contribution is -2.36. The lowest BCUT2D eigenvalue weighted by atomic mass is 10.1. The molecule has 1 aliphatic rings. The van der Waals surface area contributed by atoms with E-state index in [9.17, 15) is 13.2 Å². The molecule has 0 amide bonds. The van der Waals surface area contributed by atoms with Crippen LogP contribution in [0.3, 0.4) is 0 Å². The monoisotopic (exact) mass is 457 g/mol. The number of nitrogens with one attached hydrogen (secondary N) is 1. The van der Waals surface area contributed by atoms with Crippen LogP contribution in [0.2, 0.25) is 0 Å². The molecule has 0 radical (unpaired) electrons. The van der Waals surface area contributed by atoms with Crippen molar-refractivity contribution in [1.82, 2.24) is 15.0 Å². The summed E-state index contributed by atoms with van der Waals surface area (Å²) in [6.07, 6.45) is -0.413. The van der Waals surface area contributed by atoms with Crippen LogP contribution >= 0.6 is 11.3 Å². The third-order valence-corrected chi connectivity index (χ3v) is 6.06. The molecule has 6 nitrogen and oxygen atoms in total. The van der Waals surface area contributed by atoms with E-state index in [2.05, 4.69) is 25.2 Å². The standard InChI is InChI=1S/C22H18F3N5OS/c23-22(24,25)16-9-15(11-26-12-16)14-1-3-18-19(10-14)32-21(29-18)28-17-2-4-20(27-13-17)30-5-7-31-8-6-30/h1-4,9-13H,5-8H2,(H,28,29). The Bertz CT molecular complexity index is 1240. The summed E-state index contributed by atoms with van der Waals surface area (Å²) in [6, 6.07) is 10.4. The molecule has 5 rings (SSSR count). The Balaban J connectivity index is 1.35. The molecule has 1 aromatic carbocycles. The molecular weight excluding hydrogens is 439 g/mol. The lowest BCUT2D eigenvalue weighted by molar-refractivity contribution is -0.137. The first-order chi connectivity index (χ1) is 15.5. The Morgan fingerprint density at radius 1 is 0.969 bits per heavy atom. The zero-order valence-corrected chi connectivity index (χ0v) is 17.6. The summed E-state index contributed by atoms with van der Waals surface area (Å²) in [5.41, 5.74) is 1.87. The third-order valence-electron chi connectivity index (χ3n) is 5.12. The number of aromatic nitrogens is 3. The van der Waals surface area contributed by atoms with Crippen molar-refractivity contribution >= 4 is 38.2 Å². The summed E-state index contributed by atoms with van der Waals surface area (Å²) in [5, 5.41) is 3.93. The minimum absolute atomic E-state index is 0.410. The predicted molar refractivity (Wildman–Crippen MR) is 118 cm³/mol. The summed E-state index contributed by atoms with van der Waals surface area (Å²) in [7, 11) is 0. The molecule has 0 saturated carbocycles. The van der Waals surface area contributed by atoms with E-state index >= 15 is 0 Å². The van der Waals surface area contributed by atoms with E-state index < -0.39 is 11.7 Å². The summed E-state index contributed by atoms with van der Waals surface area (Å²) in [6.45, 7) is 3.04. The fraction of sp³-hybridized carbons (Fsp3) is 0.227. The van der Waals surface area contributed by atoms with E-state index in [1.54, 1.807) is 18.3 Å². The predicted octanol–water partition coefficient (Wildman–Crippen LogP) is 5.35. The maximum atomic E-state index is 13.0. The molecule has 4 aromatic rings. The molecule has 4 heterocycles. The van der Waals surface area contributed by atoms with Gasteiger partial charge in [-0.05, 0) is 35.9 Å². The van der Waals surface area contributed by atoms with E-state index in [0.29, 0.717) is 29.5 Å². The van der Waals surface area contributed by atoms with Gasteiger partial charge in [0.05, 0.1) is 40.9 Å². The Labute approximate surface area is 185 Å². The van der Waals surface area contributed by atoms with E-state index in [1.165, 1.54) is 17.5 Å². The Morgan fingerprint density at radius 3 is 2.56 bits per heavy atom. The maximum absolute atomic E-state index is 13.0. The van der Waals surface area contributed by atoms with Crippen LogP contribution in [0.5, 0.6) is 0 Å². The molecule has 32 heavy (non-hydrogen) atoms. The van der Waals surface area contributed by atoms with Crippen LogP contribution < -0.4 is 10.2 Å². The second-order valence-electron chi connectivity index (χ2n) is 7.29. The van der Waals surface area contributed by atoms with Crippen LogP contribution in [0.4, 0.5) is 29.8 Å². The van der Waals surface area contributed by atoms with Gasteiger partial charge in [0.15, 0.2) is 5.13 Å². The Morgan fingerprint density at radius 2 is 1.81 bits per heavy atom. The van der Waals surface area contributed by atoms with Crippen molar-refractivity contribution in [3.8, 4) is 11.1 Å². The molecule has 1 fully saturated rings. The number of halogens is 3. The van der Waals surface area contributed by atoms with Gasteiger partial charge in [-0.2, -0.15) is 13.2 Å². The number of alkyl halides is 3. The third kappa shape index (κ3) is 4.37. The van der Waals surface area contributed by atoms with E-state index in [4.69, 9.17) is 4.74 Å². The van der Waals surface area contributed by atoms with Crippen LogP contribution in [0, 0.1) is 0 Å². The summed E-state index contributed by atoms with van der Waals surface area (Å²) < 4.78 is 45.3. The summed E-state index contributed by atoms with van der Waals surface area (Å²) >= 11 is 1.42. The Hall–Kier alpha value is -3.24. The van der Waals surface area contributed by atoms with Crippen LogP contribution in [-0.4, -0.2) is 41.3 Å². The van der Waals surface area contributed by atoms with Gasteiger partial charge in [0.1, 0.15) is 5.82 Å². The van der Waals surface area contributed by atoms with Crippen molar-refractivity contribution < 1.29 is 17.9 Å². The van der Waals surface area contributed by atoms with Crippen molar-refractivity contribution in [3.63, 3.8) is 0 Å². The number of anilines is 3. The van der Waals surface area contributed by atoms with E-state index in [-0.39, 0.29) is 0 Å². The van der Waals surface area contributed by atoms with E-state index in [1.807, 2.05) is 18.2 Å². The molecule has 0 atom stereocenters. The van der Waals surface area contributed by atoms with Gasteiger partial charge in [0.2, 0.25) is 0 Å². The minimum Gasteiger partial charge on any atom is -0.378 e. The average molecular weight is 457 g/mol. The normalized spacial score (nSPS) is 14.7. The van der Waals surface area contributed by atoms with Crippen LogP contribution in [0.1, 0.15) is 5.56 Å². The van der Waals surface area contributed by atoms with E-state index in [0.717, 1.165) is 47.1 Å². The van der Waals surface area contributed by atoms with Crippen molar-refractivity contribution in [2.75, 3.05) is 36.5 Å². The molecule has 1 saturated heterocycles. The molecule has 0 bridgehead atoms. The molecule has 3 aromatic heterocycles. The number of pyridine rings is 2. The van der Waals surface area contributed by atoms with Crippen LogP contribution in [0.15, 0.2) is 55.0 Å². The van der Waals surface area contributed by atoms with Gasteiger partial charge in [-0.3, -0.25) is 4.98 Å². The second-order valence-corrected chi connectivity index (χ2v) is 8.32. The number of benzene rings is 1. The van der Waals surface area contributed by atoms with Crippen molar-refractivity contribution in [1.29, 1.82) is 0 Å². The highest BCUT2D eigenvalue weighted by molar-refractivity contribution is 7.22. The highest BCUT2D eigenvalue weighted by atomic mass is 32.1. The zero-order chi connectivity index (χ0) is 22.1. The van der Waals surface area contributed by atoms with Crippen LogP contribution in [-0.2, 0) is 10.9 Å². The fourth-order valence-corrected chi connectivity index (χ4v) is 4.40. The van der Waals surface area contributed by atoms with Crippen molar-refractivity contribution in [3.05, 3.63) is 60.6 Å². The quantitative estimate of drug-likeness (QED) is 0.446. The average Bonchev–Trinajstić information content (AvgIpc) is 3.21. The van der Waals surface area contributed by atoms with Gasteiger partial charge in [-0.15, -0.1) is 0 Å². The summed E-state index contributed by atoms with van der Waals surface area (Å²) in [5.74, 6) is 0.905. The number of nitrogens with zero attached hydrogens (tertiary/aromatic N) is 4. The summed E-state index contributed by atoms with van der Waals surface area (Å²) in [4.78, 5) is 15.0. The SMILES string of the molecule is FC(F)(F)c1cncc(-c2ccc3nc(Nc4ccc(N5CCOCC5)nc4)sc3c2)c1. The maximum Gasteiger partial charge on any atom is 0.417 e. The first kappa shape index (κ1) is 20.7. The second kappa shape index (κ2) is 8.36. The molecular formula is C22H18F3N5OS. The van der Waals surface area contributed by atoms with Gasteiger partial charge in [-0.25, -0.2) is 9.97 Å². The number of hydrogen-bond donors (Lipinski definition) is 1. The number of fused-ring (bicyclic) bond motifs is 1. The highest BCUT2D eigenvalue weighted by Gasteiger charge is 2.31. The molecule has 0 aliphatic carbocycles. The lowest BCUT2D eigenvalue weighted by Gasteiger charge is -2.27. The minimum atomic E-state index is -4.43. The van der Waals surface area contributed by atoms with Gasteiger partial charge >= 0.3 is 6.18 Å². The number of rotatable bonds is 4. The number of hydrogen-bond acceptors (Lipinski definition) is 7. The first-order valence-corrected chi connectivity index (χ1v) is 10.8. The topological polar surface area (TPSA) is 63.2 Å². The van der Waals surface area contributed by atoms with Gasteiger partial charge in [0.25, 0.3) is 0 Å². The molecule has 0 unspecified atom stereocenters.